The zero-order valence-electron chi connectivity index (χ0n) is 31.1. The van der Waals surface area contributed by atoms with E-state index in [2.05, 4.69) is 119 Å². The fourth-order valence-electron chi connectivity index (χ4n) is 8.59. The standard InChI is InChI=1S/C48H48N2O2/c1-6-7-8-9-10-11-14-31-19-21-32(22-20-31)49-42-28-27-36-38-24-26-41-45-40(25-23-37(44(38)45)35-17-13-18-39(42)43(35)36)47(51)50(48(41)52)46-33(29(2)3)15-12-16-34(46)30(4)5/h12-13,15-30,49H,6-11,14H2,1-5H3. The molecule has 7 aromatic carbocycles. The summed E-state index contributed by atoms with van der Waals surface area (Å²) in [5.41, 5.74) is 7.44. The molecular formula is C48H48N2O2. The number of unbranched alkanes of at least 4 members (excludes halogenated alkanes) is 5. The molecule has 2 amide bonds. The molecule has 0 saturated carbocycles. The van der Waals surface area contributed by atoms with Crippen molar-refractivity contribution >= 4 is 72.0 Å². The van der Waals surface area contributed by atoms with Gasteiger partial charge in [-0.25, -0.2) is 4.90 Å². The number of para-hydroxylation sites is 1. The van der Waals surface area contributed by atoms with Crippen LogP contribution in [0.3, 0.4) is 0 Å². The van der Waals surface area contributed by atoms with Crippen molar-refractivity contribution < 1.29 is 9.59 Å². The molecule has 7 aromatic rings. The topological polar surface area (TPSA) is 49.4 Å². The first-order valence-corrected chi connectivity index (χ1v) is 19.3. The van der Waals surface area contributed by atoms with E-state index in [1.807, 2.05) is 18.2 Å². The lowest BCUT2D eigenvalue weighted by Crippen LogP contribution is -2.41. The molecule has 0 aromatic heterocycles. The number of hydrogen-bond acceptors (Lipinski definition) is 3. The van der Waals surface area contributed by atoms with Crippen LogP contribution in [0.1, 0.15) is 122 Å². The van der Waals surface area contributed by atoms with E-state index < -0.39 is 0 Å². The van der Waals surface area contributed by atoms with Gasteiger partial charge in [0.15, 0.2) is 0 Å². The van der Waals surface area contributed by atoms with Crippen LogP contribution in [0.5, 0.6) is 0 Å². The van der Waals surface area contributed by atoms with Crippen LogP contribution >= 0.6 is 0 Å². The maximum atomic E-state index is 14.6. The predicted molar refractivity (Wildman–Crippen MR) is 220 cm³/mol. The Morgan fingerprint density at radius 1 is 0.538 bits per heavy atom. The summed E-state index contributed by atoms with van der Waals surface area (Å²) >= 11 is 0. The molecule has 1 N–H and O–H groups in total. The first-order valence-electron chi connectivity index (χ1n) is 19.3. The molecule has 262 valence electrons. The number of carbonyl (C=O) groups excluding carboxylic acids is 2. The monoisotopic (exact) mass is 684 g/mol. The predicted octanol–water partition coefficient (Wildman–Crippen LogP) is 13.4. The van der Waals surface area contributed by atoms with E-state index in [1.54, 1.807) is 0 Å². The van der Waals surface area contributed by atoms with E-state index in [0.29, 0.717) is 11.1 Å². The summed E-state index contributed by atoms with van der Waals surface area (Å²) in [6, 6.07) is 34.0. The molecule has 0 spiro atoms. The lowest BCUT2D eigenvalue weighted by Gasteiger charge is -2.32. The van der Waals surface area contributed by atoms with Gasteiger partial charge in [-0.2, -0.15) is 0 Å². The number of benzene rings is 7. The molecule has 8 rings (SSSR count). The summed E-state index contributed by atoms with van der Waals surface area (Å²) in [4.78, 5) is 30.6. The highest BCUT2D eigenvalue weighted by molar-refractivity contribution is 6.42. The molecule has 0 saturated heterocycles. The zero-order chi connectivity index (χ0) is 36.1. The van der Waals surface area contributed by atoms with E-state index >= 15 is 0 Å². The molecule has 0 bridgehead atoms. The molecule has 0 radical (unpaired) electrons. The Balaban J connectivity index is 1.19. The second kappa shape index (κ2) is 13.7. The molecule has 0 aliphatic carbocycles. The van der Waals surface area contributed by atoms with Crippen LogP contribution < -0.4 is 10.2 Å². The van der Waals surface area contributed by atoms with Crippen molar-refractivity contribution in [3.63, 3.8) is 0 Å². The molecule has 0 fully saturated rings. The Morgan fingerprint density at radius 2 is 1.08 bits per heavy atom. The molecule has 1 aliphatic rings. The smallest absolute Gasteiger partial charge is 0.266 e. The van der Waals surface area contributed by atoms with Crippen molar-refractivity contribution in [2.24, 2.45) is 0 Å². The number of hydrogen-bond donors (Lipinski definition) is 1. The van der Waals surface area contributed by atoms with Crippen LogP contribution in [-0.2, 0) is 6.42 Å². The van der Waals surface area contributed by atoms with Crippen LogP contribution in [0.4, 0.5) is 17.1 Å². The van der Waals surface area contributed by atoms with Crippen LogP contribution in [0.25, 0.3) is 43.1 Å². The number of nitrogens with zero attached hydrogens (tertiary/aromatic N) is 1. The summed E-state index contributed by atoms with van der Waals surface area (Å²) < 4.78 is 0. The first-order chi connectivity index (χ1) is 25.3. The average Bonchev–Trinajstić information content (AvgIpc) is 3.15. The van der Waals surface area contributed by atoms with Crippen molar-refractivity contribution in [1.82, 2.24) is 0 Å². The number of nitrogens with one attached hydrogen (secondary N) is 1. The van der Waals surface area contributed by atoms with Gasteiger partial charge in [-0.3, -0.25) is 9.59 Å². The average molecular weight is 685 g/mol. The number of amides is 2. The fourth-order valence-corrected chi connectivity index (χ4v) is 8.59. The Kier molecular flexibility index (Phi) is 8.95. The number of rotatable bonds is 12. The van der Waals surface area contributed by atoms with Gasteiger partial charge in [0.1, 0.15) is 0 Å². The number of carbonyl (C=O) groups is 2. The molecule has 4 nitrogen and oxygen atoms in total. The Labute approximate surface area is 307 Å². The van der Waals surface area contributed by atoms with Gasteiger partial charge in [-0.15, -0.1) is 0 Å². The molecule has 0 atom stereocenters. The van der Waals surface area contributed by atoms with Crippen LogP contribution in [0, 0.1) is 0 Å². The SMILES string of the molecule is CCCCCCCCc1ccc(Nc2ccc3c4ccc5c6c(ccc(c7cccc2c73)c64)C(=O)N(c2c(C(C)C)cccc2C(C)C)C5=O)cc1. The Bertz CT molecular complexity index is 2380. The number of anilines is 3. The van der Waals surface area contributed by atoms with Crippen molar-refractivity contribution in [3.05, 3.63) is 125 Å². The zero-order valence-corrected chi connectivity index (χ0v) is 31.1. The lowest BCUT2D eigenvalue weighted by atomic mass is 9.83. The first kappa shape index (κ1) is 33.9. The number of imide groups is 1. The number of fused-ring (bicyclic) bond motifs is 2. The third-order valence-corrected chi connectivity index (χ3v) is 11.3. The van der Waals surface area contributed by atoms with Gasteiger partial charge in [0.25, 0.3) is 11.8 Å². The van der Waals surface area contributed by atoms with Crippen LogP contribution in [0.2, 0.25) is 0 Å². The van der Waals surface area contributed by atoms with Gasteiger partial charge in [-0.05, 0) is 104 Å². The third-order valence-electron chi connectivity index (χ3n) is 11.3. The largest absolute Gasteiger partial charge is 0.355 e. The minimum Gasteiger partial charge on any atom is -0.355 e. The summed E-state index contributed by atoms with van der Waals surface area (Å²) in [6.45, 7) is 10.7. The highest BCUT2D eigenvalue weighted by Gasteiger charge is 2.38. The minimum atomic E-state index is -0.252. The second-order valence-corrected chi connectivity index (χ2v) is 15.3. The summed E-state index contributed by atoms with van der Waals surface area (Å²) in [7, 11) is 0. The van der Waals surface area contributed by atoms with Crippen molar-refractivity contribution in [2.45, 2.75) is 91.4 Å². The van der Waals surface area contributed by atoms with E-state index in [9.17, 15) is 9.59 Å². The van der Waals surface area contributed by atoms with Crippen molar-refractivity contribution in [3.8, 4) is 0 Å². The van der Waals surface area contributed by atoms with Gasteiger partial charge >= 0.3 is 0 Å². The van der Waals surface area contributed by atoms with Crippen LogP contribution in [0.15, 0.2) is 97.1 Å². The maximum absolute atomic E-state index is 14.6. The Morgan fingerprint density at radius 3 is 1.71 bits per heavy atom. The number of aryl methyl sites for hydroxylation is 1. The summed E-state index contributed by atoms with van der Waals surface area (Å²) in [6.07, 6.45) is 8.99. The minimum absolute atomic E-state index is 0.150. The summed E-state index contributed by atoms with van der Waals surface area (Å²) in [5.74, 6) is -0.205. The van der Waals surface area contributed by atoms with Crippen molar-refractivity contribution in [2.75, 3.05) is 10.2 Å². The molecule has 0 unspecified atom stereocenters. The van der Waals surface area contributed by atoms with Gasteiger partial charge in [-0.1, -0.05) is 133 Å². The third kappa shape index (κ3) is 5.60. The normalized spacial score (nSPS) is 13.2. The van der Waals surface area contributed by atoms with Gasteiger partial charge in [0.2, 0.25) is 0 Å². The van der Waals surface area contributed by atoms with E-state index in [1.165, 1.54) is 54.4 Å². The molecule has 52 heavy (non-hydrogen) atoms. The summed E-state index contributed by atoms with van der Waals surface area (Å²) in [5, 5.41) is 12.2. The van der Waals surface area contributed by atoms with E-state index in [4.69, 9.17) is 0 Å². The second-order valence-electron chi connectivity index (χ2n) is 15.3. The van der Waals surface area contributed by atoms with Gasteiger partial charge in [0.05, 0.1) is 5.69 Å². The molecule has 4 heteroatoms. The molecular weight excluding hydrogens is 637 g/mol. The van der Waals surface area contributed by atoms with Crippen LogP contribution in [-0.4, -0.2) is 11.8 Å². The van der Waals surface area contributed by atoms with E-state index in [0.717, 1.165) is 72.3 Å². The maximum Gasteiger partial charge on any atom is 0.266 e. The highest BCUT2D eigenvalue weighted by Crippen LogP contribution is 2.47. The molecule has 1 aliphatic heterocycles. The molecule has 1 heterocycles. The quantitative estimate of drug-likeness (QED) is 0.0603. The van der Waals surface area contributed by atoms with Gasteiger partial charge < -0.3 is 5.32 Å². The Hall–Kier alpha value is -5.22. The highest BCUT2D eigenvalue weighted by atomic mass is 16.2. The fraction of sp³-hybridized carbons (Fsp3) is 0.292. The van der Waals surface area contributed by atoms with Crippen molar-refractivity contribution in [1.29, 1.82) is 0 Å². The van der Waals surface area contributed by atoms with Gasteiger partial charge in [0, 0.05) is 33.3 Å². The van der Waals surface area contributed by atoms with E-state index in [-0.39, 0.29) is 23.7 Å². The lowest BCUT2D eigenvalue weighted by molar-refractivity contribution is 0.0893.